The van der Waals surface area contributed by atoms with Gasteiger partial charge in [0.05, 0.1) is 0 Å². The fourth-order valence-corrected chi connectivity index (χ4v) is 1.66. The van der Waals surface area contributed by atoms with Crippen LogP contribution in [-0.4, -0.2) is 0 Å². The van der Waals surface area contributed by atoms with Crippen molar-refractivity contribution in [2.24, 2.45) is 0 Å². The summed E-state index contributed by atoms with van der Waals surface area (Å²) in [6, 6.07) is 0. The summed E-state index contributed by atoms with van der Waals surface area (Å²) in [6.45, 7) is 0. The summed E-state index contributed by atoms with van der Waals surface area (Å²) in [6.07, 6.45) is 15.2. The first-order chi connectivity index (χ1) is 7.50. The van der Waals surface area contributed by atoms with E-state index in [-0.39, 0.29) is 0 Å². The van der Waals surface area contributed by atoms with Crippen molar-refractivity contribution >= 4 is 0 Å². The van der Waals surface area contributed by atoms with Crippen LogP contribution in [0.2, 0.25) is 0 Å². The highest BCUT2D eigenvalue weighted by atomic mass is 14.0. The lowest BCUT2D eigenvalue weighted by molar-refractivity contribution is 0.587. The van der Waals surface area contributed by atoms with Gasteiger partial charge in [0.15, 0.2) is 0 Å². The molecule has 15 heavy (non-hydrogen) atoms. The van der Waals surface area contributed by atoms with E-state index in [1.165, 1.54) is 44.9 Å². The quantitative estimate of drug-likeness (QED) is 0.517. The maximum absolute atomic E-state index is 3.15. The van der Waals surface area contributed by atoms with E-state index in [1.807, 2.05) is 12.2 Å². The largest absolute Gasteiger partial charge is 0.0985 e. The molecule has 1 aliphatic rings. The molecular formula is C15H20. The van der Waals surface area contributed by atoms with Crippen LogP contribution in [0.25, 0.3) is 0 Å². The molecule has 0 aromatic carbocycles. The van der Waals surface area contributed by atoms with Crippen molar-refractivity contribution in [3.8, 4) is 23.7 Å². The molecule has 0 bridgehead atoms. The first-order valence-electron chi connectivity index (χ1n) is 6.12. The molecule has 0 radical (unpaired) electrons. The topological polar surface area (TPSA) is 0 Å². The minimum atomic E-state index is 1.04. The Hall–Kier alpha value is -1.14. The zero-order valence-electron chi connectivity index (χ0n) is 9.52. The summed E-state index contributed by atoms with van der Waals surface area (Å²) in [5, 5.41) is 0. The van der Waals surface area contributed by atoms with Crippen molar-refractivity contribution < 1.29 is 0 Å². The second kappa shape index (κ2) is 9.42. The van der Waals surface area contributed by atoms with E-state index in [0.29, 0.717) is 0 Å². The van der Waals surface area contributed by atoms with Crippen LogP contribution in [0, 0.1) is 23.7 Å². The summed E-state index contributed by atoms with van der Waals surface area (Å²) in [5.41, 5.74) is 0. The molecule has 0 unspecified atom stereocenters. The third-order valence-electron chi connectivity index (χ3n) is 2.56. The van der Waals surface area contributed by atoms with Crippen LogP contribution in [0.4, 0.5) is 0 Å². The number of hydrogen-bond donors (Lipinski definition) is 0. The predicted molar refractivity (Wildman–Crippen MR) is 66.2 cm³/mol. The Morgan fingerprint density at radius 3 is 1.40 bits per heavy atom. The second-order valence-corrected chi connectivity index (χ2v) is 3.95. The third kappa shape index (κ3) is 7.90. The zero-order chi connectivity index (χ0) is 10.6. The lowest BCUT2D eigenvalue weighted by atomic mass is 10.1. The molecule has 0 N–H and O–H groups in total. The highest BCUT2D eigenvalue weighted by Crippen LogP contribution is 2.09. The molecule has 80 valence electrons. The van der Waals surface area contributed by atoms with E-state index in [2.05, 4.69) is 23.7 Å². The van der Waals surface area contributed by atoms with Crippen molar-refractivity contribution in [1.82, 2.24) is 0 Å². The first kappa shape index (κ1) is 11.9. The van der Waals surface area contributed by atoms with Gasteiger partial charge in [-0.05, 0) is 25.0 Å². The van der Waals surface area contributed by atoms with Crippen molar-refractivity contribution in [3.63, 3.8) is 0 Å². The molecule has 0 atom stereocenters. The Morgan fingerprint density at radius 2 is 0.933 bits per heavy atom. The molecule has 0 nitrogen and oxygen atoms in total. The van der Waals surface area contributed by atoms with Gasteiger partial charge in [-0.2, -0.15) is 0 Å². The third-order valence-corrected chi connectivity index (χ3v) is 2.56. The van der Waals surface area contributed by atoms with Crippen LogP contribution in [0.3, 0.4) is 0 Å². The first-order valence-corrected chi connectivity index (χ1v) is 6.12. The Labute approximate surface area is 94.2 Å². The van der Waals surface area contributed by atoms with Crippen molar-refractivity contribution in [2.45, 2.75) is 57.8 Å². The Bertz CT molecular complexity index is 257. The summed E-state index contributed by atoms with van der Waals surface area (Å²) in [5.74, 6) is 12.3. The van der Waals surface area contributed by atoms with Gasteiger partial charge in [0.25, 0.3) is 0 Å². The maximum atomic E-state index is 3.15. The fourth-order valence-electron chi connectivity index (χ4n) is 1.66. The van der Waals surface area contributed by atoms with E-state index < -0.39 is 0 Å². The smallest absolute Gasteiger partial charge is 0.00922 e. The van der Waals surface area contributed by atoms with Gasteiger partial charge in [-0.1, -0.05) is 55.8 Å². The molecule has 0 saturated carbocycles. The number of hydrogen-bond acceptors (Lipinski definition) is 0. The average Bonchev–Trinajstić information content (AvgIpc) is 2.27. The molecule has 0 spiro atoms. The molecule has 1 rings (SSSR count). The lowest BCUT2D eigenvalue weighted by Crippen LogP contribution is -1.80. The monoisotopic (exact) mass is 200 g/mol. The van der Waals surface area contributed by atoms with Crippen LogP contribution in [0.5, 0.6) is 0 Å². The maximum Gasteiger partial charge on any atom is 0.00922 e. The van der Waals surface area contributed by atoms with Crippen LogP contribution in [0.1, 0.15) is 57.8 Å². The van der Waals surface area contributed by atoms with Gasteiger partial charge < -0.3 is 0 Å². The minimum Gasteiger partial charge on any atom is -0.0985 e. The van der Waals surface area contributed by atoms with Gasteiger partial charge in [-0.15, -0.1) is 0 Å². The van der Waals surface area contributed by atoms with E-state index in [9.17, 15) is 0 Å². The number of allylic oxidation sites excluding steroid dienone is 2. The molecular weight excluding hydrogens is 180 g/mol. The van der Waals surface area contributed by atoms with E-state index >= 15 is 0 Å². The number of rotatable bonds is 0. The molecule has 0 aliphatic heterocycles. The second-order valence-electron chi connectivity index (χ2n) is 3.95. The van der Waals surface area contributed by atoms with Crippen molar-refractivity contribution in [1.29, 1.82) is 0 Å². The van der Waals surface area contributed by atoms with E-state index in [1.54, 1.807) is 0 Å². The Balaban J connectivity index is 2.32. The van der Waals surface area contributed by atoms with Gasteiger partial charge in [-0.25, -0.2) is 0 Å². The molecule has 0 fully saturated rings. The van der Waals surface area contributed by atoms with E-state index in [0.717, 1.165) is 12.8 Å². The van der Waals surface area contributed by atoms with Gasteiger partial charge in [-0.3, -0.25) is 0 Å². The summed E-state index contributed by atoms with van der Waals surface area (Å²) in [7, 11) is 0. The highest BCUT2D eigenvalue weighted by molar-refractivity contribution is 5.24. The minimum absolute atomic E-state index is 1.04. The van der Waals surface area contributed by atoms with Crippen LogP contribution in [0.15, 0.2) is 12.2 Å². The van der Waals surface area contributed by atoms with E-state index in [4.69, 9.17) is 0 Å². The van der Waals surface area contributed by atoms with Crippen LogP contribution in [-0.2, 0) is 0 Å². The fraction of sp³-hybridized carbons (Fsp3) is 0.600. The highest BCUT2D eigenvalue weighted by Gasteiger charge is 1.90. The molecule has 1 aliphatic carbocycles. The summed E-state index contributed by atoms with van der Waals surface area (Å²) in [4.78, 5) is 0. The Morgan fingerprint density at radius 1 is 0.533 bits per heavy atom. The van der Waals surface area contributed by atoms with Gasteiger partial charge in [0.1, 0.15) is 0 Å². The van der Waals surface area contributed by atoms with Crippen molar-refractivity contribution in [3.05, 3.63) is 12.2 Å². The molecule has 0 saturated heterocycles. The normalized spacial score (nSPS) is 20.8. The Kier molecular flexibility index (Phi) is 7.49. The standard InChI is InChI=1S/C15H20/c1-2-4-6-8-10-12-14-15-13-11-9-7-5-3-1/h1-2H,7-15H2/b2-1-. The van der Waals surface area contributed by atoms with Gasteiger partial charge in [0, 0.05) is 12.8 Å². The molecule has 0 heterocycles. The predicted octanol–water partition coefficient (Wildman–Crippen LogP) is 4.07. The molecule has 0 aromatic rings. The molecule has 0 heteroatoms. The van der Waals surface area contributed by atoms with Crippen molar-refractivity contribution in [2.75, 3.05) is 0 Å². The van der Waals surface area contributed by atoms with Gasteiger partial charge >= 0.3 is 0 Å². The van der Waals surface area contributed by atoms with Crippen LogP contribution < -0.4 is 0 Å². The average molecular weight is 200 g/mol. The molecule has 0 amide bonds. The van der Waals surface area contributed by atoms with Gasteiger partial charge in [0.2, 0.25) is 0 Å². The summed E-state index contributed by atoms with van der Waals surface area (Å²) >= 11 is 0. The summed E-state index contributed by atoms with van der Waals surface area (Å²) < 4.78 is 0. The van der Waals surface area contributed by atoms with Crippen LogP contribution >= 0.6 is 0 Å². The molecule has 0 aromatic heterocycles. The lowest BCUT2D eigenvalue weighted by Gasteiger charge is -1.98. The SMILES string of the molecule is C1#CCCCCCCCCCC#C/C=C\1. The zero-order valence-corrected chi connectivity index (χ0v) is 9.52.